The van der Waals surface area contributed by atoms with E-state index in [1.165, 1.54) is 7.11 Å². The predicted octanol–water partition coefficient (Wildman–Crippen LogP) is 3.40. The van der Waals surface area contributed by atoms with Gasteiger partial charge in [0, 0.05) is 5.56 Å². The van der Waals surface area contributed by atoms with Gasteiger partial charge >= 0.3 is 0 Å². The number of hydrogen-bond donors (Lipinski definition) is 2. The van der Waals surface area contributed by atoms with Gasteiger partial charge in [0.25, 0.3) is 0 Å². The summed E-state index contributed by atoms with van der Waals surface area (Å²) >= 11 is 3.44. The molecule has 2 rings (SSSR count). The minimum absolute atomic E-state index is 0.0775. The van der Waals surface area contributed by atoms with E-state index in [-0.39, 0.29) is 5.75 Å². The van der Waals surface area contributed by atoms with Crippen LogP contribution in [0.4, 0.5) is 5.82 Å². The third-order valence-electron chi connectivity index (χ3n) is 2.98. The minimum Gasteiger partial charge on any atom is -0.504 e. The first kappa shape index (κ1) is 15.6. The van der Waals surface area contributed by atoms with Crippen molar-refractivity contribution >= 4 is 21.7 Å². The number of phenolic OH excluding ortho intramolecular Hbond substituents is 1. The molecule has 2 aromatic rings. The monoisotopic (exact) mass is 351 g/mol. The van der Waals surface area contributed by atoms with Gasteiger partial charge in [0.15, 0.2) is 17.3 Å². The maximum Gasteiger partial charge on any atom is 0.161 e. The van der Waals surface area contributed by atoms with Gasteiger partial charge in [0.1, 0.15) is 5.82 Å². The number of phenols is 1. The van der Waals surface area contributed by atoms with E-state index in [1.54, 1.807) is 18.2 Å². The predicted molar refractivity (Wildman–Crippen MR) is 86.3 cm³/mol. The van der Waals surface area contributed by atoms with Crippen molar-refractivity contribution in [2.75, 3.05) is 12.8 Å². The topological polar surface area (TPSA) is 81.3 Å². The quantitative estimate of drug-likeness (QED) is 0.881. The molecule has 0 spiro atoms. The average molecular weight is 352 g/mol. The summed E-state index contributed by atoms with van der Waals surface area (Å²) < 4.78 is 5.85. The van der Waals surface area contributed by atoms with Crippen LogP contribution in [0.5, 0.6) is 11.5 Å². The Morgan fingerprint density at radius 1 is 1.33 bits per heavy atom. The number of anilines is 1. The number of nitrogen functional groups attached to an aromatic ring is 1. The Balaban J connectivity index is 2.51. The largest absolute Gasteiger partial charge is 0.504 e. The van der Waals surface area contributed by atoms with Crippen LogP contribution in [0.25, 0.3) is 11.4 Å². The Bertz CT molecular complexity index is 660. The molecule has 0 saturated carbocycles. The zero-order chi connectivity index (χ0) is 15.6. The second-order valence-electron chi connectivity index (χ2n) is 5.18. The SMILES string of the molecule is COc1cc(-c2nc(N)c(Br)c(CC(C)C)n2)ccc1O. The van der Waals surface area contributed by atoms with Crippen LogP contribution >= 0.6 is 15.9 Å². The molecule has 0 aliphatic heterocycles. The number of methoxy groups -OCH3 is 1. The fraction of sp³-hybridized carbons (Fsp3) is 0.333. The van der Waals surface area contributed by atoms with Crippen LogP contribution in [0.15, 0.2) is 22.7 Å². The normalized spacial score (nSPS) is 10.9. The number of ether oxygens (including phenoxy) is 1. The van der Waals surface area contributed by atoms with E-state index >= 15 is 0 Å². The van der Waals surface area contributed by atoms with Crippen LogP contribution < -0.4 is 10.5 Å². The fourth-order valence-corrected chi connectivity index (χ4v) is 2.32. The molecule has 0 amide bonds. The molecule has 0 aliphatic rings. The molecule has 0 fully saturated rings. The van der Waals surface area contributed by atoms with Crippen LogP contribution in [-0.2, 0) is 6.42 Å². The lowest BCUT2D eigenvalue weighted by molar-refractivity contribution is 0.373. The molecule has 21 heavy (non-hydrogen) atoms. The molecule has 0 radical (unpaired) electrons. The number of aromatic nitrogens is 2. The van der Waals surface area contributed by atoms with Gasteiger partial charge in [-0.3, -0.25) is 0 Å². The Morgan fingerprint density at radius 3 is 2.67 bits per heavy atom. The number of benzene rings is 1. The summed E-state index contributed by atoms with van der Waals surface area (Å²) in [6.45, 7) is 4.24. The third-order valence-corrected chi connectivity index (χ3v) is 3.85. The van der Waals surface area contributed by atoms with Gasteiger partial charge < -0.3 is 15.6 Å². The van der Waals surface area contributed by atoms with E-state index in [1.807, 2.05) is 0 Å². The molecule has 1 aromatic carbocycles. The maximum atomic E-state index is 9.66. The van der Waals surface area contributed by atoms with Crippen molar-refractivity contribution in [1.29, 1.82) is 0 Å². The Hall–Kier alpha value is -1.82. The van der Waals surface area contributed by atoms with Crippen LogP contribution in [0, 0.1) is 5.92 Å². The highest BCUT2D eigenvalue weighted by atomic mass is 79.9. The molecule has 3 N–H and O–H groups in total. The molecule has 6 heteroatoms. The third kappa shape index (κ3) is 3.44. The second-order valence-corrected chi connectivity index (χ2v) is 5.97. The first-order valence-electron chi connectivity index (χ1n) is 6.61. The lowest BCUT2D eigenvalue weighted by Gasteiger charge is -2.11. The summed E-state index contributed by atoms with van der Waals surface area (Å²) in [6.07, 6.45) is 0.801. The van der Waals surface area contributed by atoms with Gasteiger partial charge in [-0.15, -0.1) is 0 Å². The summed E-state index contributed by atoms with van der Waals surface area (Å²) in [7, 11) is 1.50. The second kappa shape index (κ2) is 6.30. The van der Waals surface area contributed by atoms with Crippen molar-refractivity contribution in [1.82, 2.24) is 9.97 Å². The van der Waals surface area contributed by atoms with Gasteiger partial charge in [-0.05, 0) is 46.5 Å². The first-order valence-corrected chi connectivity index (χ1v) is 7.41. The van der Waals surface area contributed by atoms with Gasteiger partial charge in [0.05, 0.1) is 17.3 Å². The van der Waals surface area contributed by atoms with E-state index in [4.69, 9.17) is 10.5 Å². The minimum atomic E-state index is 0.0775. The molecule has 0 unspecified atom stereocenters. The fourth-order valence-electron chi connectivity index (χ4n) is 1.98. The van der Waals surface area contributed by atoms with E-state index in [2.05, 4.69) is 39.7 Å². The van der Waals surface area contributed by atoms with E-state index in [9.17, 15) is 5.11 Å². The van der Waals surface area contributed by atoms with Crippen LogP contribution in [0.1, 0.15) is 19.5 Å². The molecule has 1 aromatic heterocycles. The number of aromatic hydroxyl groups is 1. The van der Waals surface area contributed by atoms with Crippen molar-refractivity contribution in [3.63, 3.8) is 0 Å². The number of nitrogens with zero attached hydrogens (tertiary/aromatic N) is 2. The molecule has 112 valence electrons. The molecular formula is C15H18BrN3O2. The van der Waals surface area contributed by atoms with E-state index in [0.717, 1.165) is 22.2 Å². The number of nitrogens with two attached hydrogens (primary N) is 1. The molecule has 0 saturated heterocycles. The zero-order valence-electron chi connectivity index (χ0n) is 12.2. The molecule has 0 atom stereocenters. The smallest absolute Gasteiger partial charge is 0.161 e. The summed E-state index contributed by atoms with van der Waals surface area (Å²) in [4.78, 5) is 8.87. The summed E-state index contributed by atoms with van der Waals surface area (Å²) in [5.74, 6) is 1.84. The van der Waals surface area contributed by atoms with E-state index in [0.29, 0.717) is 23.3 Å². The van der Waals surface area contributed by atoms with Gasteiger partial charge in [-0.2, -0.15) is 0 Å². The first-order chi connectivity index (χ1) is 9.92. The Morgan fingerprint density at radius 2 is 2.05 bits per heavy atom. The van der Waals surface area contributed by atoms with Gasteiger partial charge in [0.2, 0.25) is 0 Å². The average Bonchev–Trinajstić information content (AvgIpc) is 2.43. The van der Waals surface area contributed by atoms with Crippen molar-refractivity contribution in [2.24, 2.45) is 5.92 Å². The molecule has 0 aliphatic carbocycles. The highest BCUT2D eigenvalue weighted by Gasteiger charge is 2.14. The number of rotatable bonds is 4. The number of hydrogen-bond acceptors (Lipinski definition) is 5. The lowest BCUT2D eigenvalue weighted by atomic mass is 10.1. The van der Waals surface area contributed by atoms with Crippen molar-refractivity contribution in [3.05, 3.63) is 28.4 Å². The van der Waals surface area contributed by atoms with Gasteiger partial charge in [-0.25, -0.2) is 9.97 Å². The highest BCUT2D eigenvalue weighted by Crippen LogP contribution is 2.32. The summed E-state index contributed by atoms with van der Waals surface area (Å²) in [5, 5.41) is 9.66. The summed E-state index contributed by atoms with van der Waals surface area (Å²) in [5.41, 5.74) is 7.58. The maximum absolute atomic E-state index is 9.66. The van der Waals surface area contributed by atoms with Crippen LogP contribution in [0.3, 0.4) is 0 Å². The van der Waals surface area contributed by atoms with Crippen molar-refractivity contribution in [2.45, 2.75) is 20.3 Å². The lowest BCUT2D eigenvalue weighted by Crippen LogP contribution is -2.05. The van der Waals surface area contributed by atoms with Crippen LogP contribution in [0.2, 0.25) is 0 Å². The highest BCUT2D eigenvalue weighted by molar-refractivity contribution is 9.10. The molecule has 0 bridgehead atoms. The van der Waals surface area contributed by atoms with Crippen LogP contribution in [-0.4, -0.2) is 22.2 Å². The Labute approximate surface area is 132 Å². The van der Waals surface area contributed by atoms with Crippen molar-refractivity contribution < 1.29 is 9.84 Å². The standard InChI is InChI=1S/C15H18BrN3O2/c1-8(2)6-10-13(16)14(17)19-15(18-10)9-4-5-11(20)12(7-9)21-3/h4-5,7-8,20H,6H2,1-3H3,(H2,17,18,19). The molecule has 5 nitrogen and oxygen atoms in total. The van der Waals surface area contributed by atoms with E-state index < -0.39 is 0 Å². The zero-order valence-corrected chi connectivity index (χ0v) is 13.8. The Kier molecular flexibility index (Phi) is 4.67. The molecule has 1 heterocycles. The van der Waals surface area contributed by atoms with Gasteiger partial charge in [-0.1, -0.05) is 13.8 Å². The summed E-state index contributed by atoms with van der Waals surface area (Å²) in [6, 6.07) is 4.98. The molecular weight excluding hydrogens is 334 g/mol. The van der Waals surface area contributed by atoms with Crippen molar-refractivity contribution in [3.8, 4) is 22.9 Å². The number of halogens is 1.